The van der Waals surface area contributed by atoms with Gasteiger partial charge in [0.15, 0.2) is 6.29 Å². The molecular formula is C38H42O3. The van der Waals surface area contributed by atoms with Gasteiger partial charge in [-0.05, 0) is 47.9 Å². The third kappa shape index (κ3) is 7.42. The quantitative estimate of drug-likeness (QED) is 0.124. The first kappa shape index (κ1) is 29.0. The normalized spacial score (nSPS) is 19.4. The van der Waals surface area contributed by atoms with E-state index in [-0.39, 0.29) is 18.5 Å². The molecule has 0 aromatic heterocycles. The fraction of sp³-hybridized carbons (Fsp3) is 0.316. The van der Waals surface area contributed by atoms with Crippen molar-refractivity contribution >= 4 is 0 Å². The van der Waals surface area contributed by atoms with Gasteiger partial charge in [0.05, 0.1) is 18.8 Å². The van der Waals surface area contributed by atoms with Crippen LogP contribution in [0.5, 0.6) is 0 Å². The molecule has 1 unspecified atom stereocenters. The van der Waals surface area contributed by atoms with Crippen LogP contribution < -0.4 is 0 Å². The average Bonchev–Trinajstić information content (AvgIpc) is 3.05. The van der Waals surface area contributed by atoms with E-state index < -0.39 is 5.60 Å². The molecule has 1 fully saturated rings. The monoisotopic (exact) mass is 546 g/mol. The van der Waals surface area contributed by atoms with Gasteiger partial charge in [-0.1, -0.05) is 147 Å². The summed E-state index contributed by atoms with van der Waals surface area (Å²) in [5, 5.41) is 0. The maximum atomic E-state index is 7.23. The van der Waals surface area contributed by atoms with Gasteiger partial charge in [-0.3, -0.25) is 0 Å². The summed E-state index contributed by atoms with van der Waals surface area (Å²) >= 11 is 0. The Hall–Kier alpha value is -3.50. The first-order valence-corrected chi connectivity index (χ1v) is 15.1. The lowest BCUT2D eigenvalue weighted by molar-refractivity contribution is -0.259. The molecule has 4 aromatic rings. The van der Waals surface area contributed by atoms with Crippen LogP contribution in [0.2, 0.25) is 0 Å². The maximum absolute atomic E-state index is 7.23. The van der Waals surface area contributed by atoms with Crippen molar-refractivity contribution < 1.29 is 14.2 Å². The first-order valence-electron chi connectivity index (χ1n) is 15.1. The van der Waals surface area contributed by atoms with Gasteiger partial charge in [0, 0.05) is 6.42 Å². The van der Waals surface area contributed by atoms with Gasteiger partial charge < -0.3 is 14.2 Å². The minimum absolute atomic E-state index is 0.0224. The third-order valence-electron chi connectivity index (χ3n) is 7.82. The lowest BCUT2D eigenvalue weighted by atomic mass is 9.80. The lowest BCUT2D eigenvalue weighted by Crippen LogP contribution is -2.45. The fourth-order valence-corrected chi connectivity index (χ4v) is 5.73. The fourth-order valence-electron chi connectivity index (χ4n) is 5.73. The molecular weight excluding hydrogens is 504 g/mol. The summed E-state index contributed by atoms with van der Waals surface area (Å²) < 4.78 is 20.5. The summed E-state index contributed by atoms with van der Waals surface area (Å²) in [6, 6.07) is 42.0. The van der Waals surface area contributed by atoms with Gasteiger partial charge in [0.25, 0.3) is 0 Å². The van der Waals surface area contributed by atoms with Crippen LogP contribution in [0.3, 0.4) is 0 Å². The third-order valence-corrected chi connectivity index (χ3v) is 7.82. The molecule has 3 heteroatoms. The molecule has 1 saturated heterocycles. The van der Waals surface area contributed by atoms with Crippen LogP contribution in [-0.2, 0) is 26.4 Å². The lowest BCUT2D eigenvalue weighted by Gasteiger charge is -2.43. The van der Waals surface area contributed by atoms with Gasteiger partial charge >= 0.3 is 0 Å². The summed E-state index contributed by atoms with van der Waals surface area (Å²) in [5.41, 5.74) is 3.63. The molecule has 0 spiro atoms. The van der Waals surface area contributed by atoms with Gasteiger partial charge in [0.2, 0.25) is 0 Å². The van der Waals surface area contributed by atoms with E-state index in [1.165, 1.54) is 5.56 Å². The Bertz CT molecular complexity index is 1210. The first-order chi connectivity index (χ1) is 20.3. The number of benzene rings is 4. The molecule has 0 bridgehead atoms. The number of rotatable bonds is 13. The minimum atomic E-state index is -0.808. The van der Waals surface area contributed by atoms with Crippen molar-refractivity contribution in [3.63, 3.8) is 0 Å². The highest BCUT2D eigenvalue weighted by molar-refractivity contribution is 5.47. The zero-order valence-corrected chi connectivity index (χ0v) is 24.1. The summed E-state index contributed by atoms with van der Waals surface area (Å²) in [7, 11) is 0. The molecule has 0 amide bonds. The van der Waals surface area contributed by atoms with Crippen LogP contribution in [0.1, 0.15) is 67.7 Å². The molecule has 0 aliphatic carbocycles. The Balaban J connectivity index is 1.43. The predicted molar refractivity (Wildman–Crippen MR) is 166 cm³/mol. The van der Waals surface area contributed by atoms with Gasteiger partial charge in [-0.2, -0.15) is 0 Å². The van der Waals surface area contributed by atoms with E-state index in [4.69, 9.17) is 14.2 Å². The number of hydrogen-bond acceptors (Lipinski definition) is 3. The van der Waals surface area contributed by atoms with Crippen LogP contribution in [0, 0.1) is 0 Å². The highest BCUT2D eigenvalue weighted by atomic mass is 16.7. The summed E-state index contributed by atoms with van der Waals surface area (Å²) in [4.78, 5) is 0. The molecule has 0 radical (unpaired) electrons. The number of ether oxygens (including phenoxy) is 3. The van der Waals surface area contributed by atoms with E-state index in [1.807, 2.05) is 6.07 Å². The molecule has 1 heterocycles. The second-order valence-corrected chi connectivity index (χ2v) is 10.8. The van der Waals surface area contributed by atoms with E-state index >= 15 is 0 Å². The Labute approximate surface area is 245 Å². The average molecular weight is 547 g/mol. The van der Waals surface area contributed by atoms with E-state index in [0.29, 0.717) is 6.61 Å². The van der Waals surface area contributed by atoms with Crippen LogP contribution >= 0.6 is 0 Å². The van der Waals surface area contributed by atoms with Gasteiger partial charge in [0.1, 0.15) is 5.60 Å². The molecule has 0 N–H and O–H groups in total. The summed E-state index contributed by atoms with van der Waals surface area (Å²) in [6.07, 6.45) is 9.93. The predicted octanol–water partition coefficient (Wildman–Crippen LogP) is 9.22. The topological polar surface area (TPSA) is 27.7 Å². The van der Waals surface area contributed by atoms with Crippen LogP contribution in [0.15, 0.2) is 133 Å². The Morgan fingerprint density at radius 1 is 0.683 bits per heavy atom. The van der Waals surface area contributed by atoms with Crippen molar-refractivity contribution in [3.05, 3.63) is 156 Å². The highest BCUT2D eigenvalue weighted by Crippen LogP contribution is 2.43. The maximum Gasteiger partial charge on any atom is 0.160 e. The van der Waals surface area contributed by atoms with E-state index in [0.717, 1.165) is 55.2 Å². The van der Waals surface area contributed by atoms with Crippen molar-refractivity contribution in [1.29, 1.82) is 0 Å². The minimum Gasteiger partial charge on any atom is -0.371 e. The van der Waals surface area contributed by atoms with Crippen LogP contribution in [-0.4, -0.2) is 18.5 Å². The zero-order chi connectivity index (χ0) is 28.2. The molecule has 0 saturated carbocycles. The number of hydrogen-bond donors (Lipinski definition) is 0. The van der Waals surface area contributed by atoms with Crippen molar-refractivity contribution in [3.8, 4) is 0 Å². The standard InChI is InChI=1S/C38H42O3/c1-2-3-4-5-18-27-36-35(39-30-31-19-10-6-11-20-31)28-29-37(40-36)41-38(32-21-12-7-13-22-32,33-23-14-8-15-24-33)34-25-16-9-17-26-34/h4-17,19-26,35-37H,2-3,18,27-30H2,1H3/b5-4+/t35-,36+,37?/m0/s1. The zero-order valence-electron chi connectivity index (χ0n) is 24.1. The van der Waals surface area contributed by atoms with Gasteiger partial charge in [-0.25, -0.2) is 0 Å². The second kappa shape index (κ2) is 14.9. The molecule has 1 aliphatic rings. The van der Waals surface area contributed by atoms with E-state index in [9.17, 15) is 0 Å². The smallest absolute Gasteiger partial charge is 0.160 e. The van der Waals surface area contributed by atoms with Crippen molar-refractivity contribution in [2.75, 3.05) is 0 Å². The largest absolute Gasteiger partial charge is 0.371 e. The summed E-state index contributed by atoms with van der Waals surface area (Å²) in [5.74, 6) is 0. The van der Waals surface area contributed by atoms with E-state index in [2.05, 4.69) is 134 Å². The van der Waals surface area contributed by atoms with Crippen LogP contribution in [0.25, 0.3) is 0 Å². The van der Waals surface area contributed by atoms with E-state index in [1.54, 1.807) is 0 Å². The molecule has 4 aromatic carbocycles. The Morgan fingerprint density at radius 3 is 1.73 bits per heavy atom. The van der Waals surface area contributed by atoms with Gasteiger partial charge in [-0.15, -0.1) is 0 Å². The SMILES string of the molecule is CCC/C=C/CC[C@H]1OC(OC(c2ccccc2)(c2ccccc2)c2ccccc2)CC[C@@H]1OCc1ccccc1. The van der Waals surface area contributed by atoms with Crippen molar-refractivity contribution in [1.82, 2.24) is 0 Å². The highest BCUT2D eigenvalue weighted by Gasteiger charge is 2.42. The molecule has 212 valence electrons. The Kier molecular flexibility index (Phi) is 10.6. The second-order valence-electron chi connectivity index (χ2n) is 10.8. The molecule has 41 heavy (non-hydrogen) atoms. The van der Waals surface area contributed by atoms with Crippen molar-refractivity contribution in [2.24, 2.45) is 0 Å². The number of allylic oxidation sites excluding steroid dienone is 2. The molecule has 3 nitrogen and oxygen atoms in total. The van der Waals surface area contributed by atoms with Crippen LogP contribution in [0.4, 0.5) is 0 Å². The van der Waals surface area contributed by atoms with Crippen molar-refractivity contribution in [2.45, 2.75) is 76.2 Å². The Morgan fingerprint density at radius 2 is 1.20 bits per heavy atom. The molecule has 5 rings (SSSR count). The summed E-state index contributed by atoms with van der Waals surface area (Å²) in [6.45, 7) is 2.80. The number of unbranched alkanes of at least 4 members (excludes halogenated alkanes) is 1. The molecule has 1 aliphatic heterocycles. The molecule has 3 atom stereocenters.